The zero-order chi connectivity index (χ0) is 23.7. The molecule has 0 aliphatic rings. The summed E-state index contributed by atoms with van der Waals surface area (Å²) in [7, 11) is 1.85. The van der Waals surface area contributed by atoms with Crippen molar-refractivity contribution in [2.75, 3.05) is 5.32 Å². The highest BCUT2D eigenvalue weighted by Crippen LogP contribution is 2.33. The minimum Gasteiger partial charge on any atom is -0.329 e. The molecule has 0 spiro atoms. The summed E-state index contributed by atoms with van der Waals surface area (Å²) in [6.45, 7) is 0. The van der Waals surface area contributed by atoms with Crippen molar-refractivity contribution in [1.29, 1.82) is 0 Å². The van der Waals surface area contributed by atoms with Gasteiger partial charge in [-0.1, -0.05) is 36.4 Å². The summed E-state index contributed by atoms with van der Waals surface area (Å²) in [5.74, 6) is -1.06. The summed E-state index contributed by atoms with van der Waals surface area (Å²) < 4.78 is 17.1. The van der Waals surface area contributed by atoms with E-state index in [1.54, 1.807) is 67.0 Å². The summed E-state index contributed by atoms with van der Waals surface area (Å²) in [6.07, 6.45) is 3.46. The first-order chi connectivity index (χ1) is 16.5. The topological polar surface area (TPSA) is 81.8 Å². The van der Waals surface area contributed by atoms with E-state index in [-0.39, 0.29) is 16.9 Å². The second-order valence-electron chi connectivity index (χ2n) is 7.46. The second kappa shape index (κ2) is 8.95. The van der Waals surface area contributed by atoms with E-state index in [4.69, 9.17) is 0 Å². The minimum atomic E-state index is -0.562. The predicted molar refractivity (Wildman–Crippen MR) is 129 cm³/mol. The average molecular weight is 472 g/mol. The third-order valence-corrected chi connectivity index (χ3v) is 6.34. The van der Waals surface area contributed by atoms with Crippen LogP contribution in [0.25, 0.3) is 16.5 Å². The van der Waals surface area contributed by atoms with Crippen LogP contribution in [0.1, 0.15) is 10.5 Å². The van der Waals surface area contributed by atoms with Crippen LogP contribution in [0.2, 0.25) is 0 Å². The number of aryl methyl sites for hydroxylation is 1. The van der Waals surface area contributed by atoms with Gasteiger partial charge >= 0.3 is 0 Å². The average Bonchev–Trinajstić information content (AvgIpc) is 3.26. The minimum absolute atomic E-state index is 0.0521. The Morgan fingerprint density at radius 1 is 1.00 bits per heavy atom. The maximum atomic E-state index is 14.1. The zero-order valence-corrected chi connectivity index (χ0v) is 18.8. The number of para-hydroxylation sites is 1. The Labute approximate surface area is 197 Å². The number of carbonyl (C=O) groups excluding carboxylic acids is 1. The Hall–Kier alpha value is -4.24. The first-order valence-electron chi connectivity index (χ1n) is 10.3. The fourth-order valence-electron chi connectivity index (χ4n) is 3.52. The lowest BCUT2D eigenvalue weighted by atomic mass is 10.1. The molecule has 7 nitrogen and oxygen atoms in total. The van der Waals surface area contributed by atoms with Gasteiger partial charge in [0.1, 0.15) is 5.82 Å². The Kier molecular flexibility index (Phi) is 5.69. The van der Waals surface area contributed by atoms with Crippen molar-refractivity contribution in [2.45, 2.75) is 10.1 Å². The molecule has 1 amide bonds. The van der Waals surface area contributed by atoms with E-state index in [0.29, 0.717) is 26.5 Å². The summed E-state index contributed by atoms with van der Waals surface area (Å²) in [6, 6.07) is 19.8. The van der Waals surface area contributed by atoms with Gasteiger partial charge < -0.3 is 9.88 Å². The Morgan fingerprint density at radius 3 is 2.47 bits per heavy atom. The van der Waals surface area contributed by atoms with Gasteiger partial charge in [0.15, 0.2) is 10.9 Å². The number of nitrogens with zero attached hydrogens (tertiary/aromatic N) is 4. The highest BCUT2D eigenvalue weighted by molar-refractivity contribution is 7.99. The molecule has 1 N–H and O–H groups in total. The van der Waals surface area contributed by atoms with Crippen molar-refractivity contribution in [1.82, 2.24) is 19.3 Å². The molecule has 0 aliphatic carbocycles. The lowest BCUT2D eigenvalue weighted by Gasteiger charge is -2.13. The monoisotopic (exact) mass is 471 g/mol. The van der Waals surface area contributed by atoms with E-state index in [0.717, 1.165) is 0 Å². The van der Waals surface area contributed by atoms with Gasteiger partial charge in [0.05, 0.1) is 16.8 Å². The molecule has 0 unspecified atom stereocenters. The highest BCUT2D eigenvalue weighted by Gasteiger charge is 2.19. The van der Waals surface area contributed by atoms with Crippen LogP contribution in [0.4, 0.5) is 10.1 Å². The number of amides is 1. The van der Waals surface area contributed by atoms with Crippen molar-refractivity contribution >= 4 is 34.1 Å². The van der Waals surface area contributed by atoms with Crippen LogP contribution in [-0.4, -0.2) is 25.2 Å². The molecule has 0 radical (unpaired) electrons. The number of halogens is 1. The Bertz CT molecular complexity index is 1580. The standard InChI is InChI=1S/C25H18FN5O2S/c1-30-14-13-27-25(30)34-21-12-11-16(26)15-20(21)28-23(32)22-18-9-5-6-10-19(18)24(33)31(29-22)17-7-3-2-4-8-17/h2-15H,1H3,(H,28,32). The number of carbonyl (C=O) groups is 1. The molecule has 0 bridgehead atoms. The van der Waals surface area contributed by atoms with Gasteiger partial charge in [-0.15, -0.1) is 0 Å². The number of anilines is 1. The van der Waals surface area contributed by atoms with E-state index in [2.05, 4.69) is 15.4 Å². The van der Waals surface area contributed by atoms with Crippen LogP contribution < -0.4 is 10.9 Å². The summed E-state index contributed by atoms with van der Waals surface area (Å²) in [4.78, 5) is 31.4. The molecule has 0 aliphatic heterocycles. The number of imidazole rings is 1. The quantitative estimate of drug-likeness (QED) is 0.403. The van der Waals surface area contributed by atoms with Gasteiger partial charge in [0.25, 0.3) is 11.5 Å². The van der Waals surface area contributed by atoms with Crippen LogP contribution >= 0.6 is 11.8 Å². The largest absolute Gasteiger partial charge is 0.329 e. The molecule has 0 atom stereocenters. The van der Waals surface area contributed by atoms with Crippen LogP contribution in [-0.2, 0) is 7.05 Å². The number of aromatic nitrogens is 4. The number of benzene rings is 3. The smallest absolute Gasteiger partial charge is 0.279 e. The zero-order valence-electron chi connectivity index (χ0n) is 18.0. The van der Waals surface area contributed by atoms with Gasteiger partial charge in [-0.2, -0.15) is 9.78 Å². The first-order valence-corrected chi connectivity index (χ1v) is 11.2. The molecule has 2 aromatic heterocycles. The molecule has 0 fully saturated rings. The fraction of sp³-hybridized carbons (Fsp3) is 0.0400. The third kappa shape index (κ3) is 4.08. The van der Waals surface area contributed by atoms with Gasteiger partial charge in [-0.25, -0.2) is 9.37 Å². The molecule has 2 heterocycles. The van der Waals surface area contributed by atoms with Gasteiger partial charge in [-0.05, 0) is 48.2 Å². The molecule has 168 valence electrons. The molecule has 5 rings (SSSR count). The second-order valence-corrected chi connectivity index (χ2v) is 8.47. The summed E-state index contributed by atoms with van der Waals surface area (Å²) >= 11 is 1.29. The molecule has 0 saturated heterocycles. The SMILES string of the molecule is Cn1ccnc1Sc1ccc(F)cc1NC(=O)c1nn(-c2ccccc2)c(=O)c2ccccc12. The Morgan fingerprint density at radius 2 is 1.74 bits per heavy atom. The van der Waals surface area contributed by atoms with Gasteiger partial charge in [0.2, 0.25) is 0 Å². The molecule has 0 saturated carbocycles. The molecular formula is C25H18FN5O2S. The van der Waals surface area contributed by atoms with Crippen LogP contribution in [0.15, 0.2) is 100 Å². The van der Waals surface area contributed by atoms with Gasteiger partial charge in [-0.3, -0.25) is 9.59 Å². The lowest BCUT2D eigenvalue weighted by Crippen LogP contribution is -2.26. The first kappa shape index (κ1) is 21.6. The lowest BCUT2D eigenvalue weighted by molar-refractivity contribution is 0.102. The van der Waals surface area contributed by atoms with E-state index >= 15 is 0 Å². The van der Waals surface area contributed by atoms with Gasteiger partial charge in [0, 0.05) is 29.7 Å². The number of rotatable bonds is 5. The molecule has 34 heavy (non-hydrogen) atoms. The van der Waals surface area contributed by atoms with E-state index < -0.39 is 11.7 Å². The summed E-state index contributed by atoms with van der Waals surface area (Å²) in [5.41, 5.74) is 0.525. The normalized spacial score (nSPS) is 11.0. The van der Waals surface area contributed by atoms with Crippen molar-refractivity contribution in [3.8, 4) is 5.69 Å². The summed E-state index contributed by atoms with van der Waals surface area (Å²) in [5, 5.41) is 8.61. The van der Waals surface area contributed by atoms with Crippen molar-refractivity contribution in [3.05, 3.63) is 107 Å². The Balaban J connectivity index is 1.59. The molecular weight excluding hydrogens is 453 g/mol. The van der Waals surface area contributed by atoms with Crippen LogP contribution in [0.3, 0.4) is 0 Å². The van der Waals surface area contributed by atoms with Crippen molar-refractivity contribution in [2.24, 2.45) is 7.05 Å². The fourth-order valence-corrected chi connectivity index (χ4v) is 4.39. The maximum Gasteiger partial charge on any atom is 0.279 e. The number of hydrogen-bond donors (Lipinski definition) is 1. The van der Waals surface area contributed by atoms with Crippen molar-refractivity contribution in [3.63, 3.8) is 0 Å². The number of hydrogen-bond acceptors (Lipinski definition) is 5. The van der Waals surface area contributed by atoms with Crippen LogP contribution in [0.5, 0.6) is 0 Å². The van der Waals surface area contributed by atoms with E-state index in [1.165, 1.54) is 28.6 Å². The number of nitrogens with one attached hydrogen (secondary N) is 1. The molecule has 9 heteroatoms. The maximum absolute atomic E-state index is 14.1. The van der Waals surface area contributed by atoms with Crippen molar-refractivity contribution < 1.29 is 9.18 Å². The predicted octanol–water partition coefficient (Wildman–Crippen LogP) is 4.66. The third-order valence-electron chi connectivity index (χ3n) is 5.19. The molecule has 5 aromatic rings. The van der Waals surface area contributed by atoms with E-state index in [9.17, 15) is 14.0 Å². The number of fused-ring (bicyclic) bond motifs is 1. The van der Waals surface area contributed by atoms with E-state index in [1.807, 2.05) is 17.7 Å². The molecule has 3 aromatic carbocycles. The van der Waals surface area contributed by atoms with Crippen LogP contribution in [0, 0.1) is 5.82 Å². The highest BCUT2D eigenvalue weighted by atomic mass is 32.2.